The molecule has 33 heavy (non-hydrogen) atoms. The Kier molecular flexibility index (Phi) is 5.08. The number of carbonyl (C=O) groups excluding carboxylic acids is 2. The van der Waals surface area contributed by atoms with Gasteiger partial charge in [-0.2, -0.15) is 20.1 Å². The maximum absolute atomic E-state index is 13.0. The van der Waals surface area contributed by atoms with Gasteiger partial charge in [0.25, 0.3) is 5.91 Å². The third kappa shape index (κ3) is 3.82. The molecule has 1 N–H and O–H groups in total. The zero-order valence-electron chi connectivity index (χ0n) is 18.1. The molecular weight excluding hydrogens is 421 g/mol. The van der Waals surface area contributed by atoms with E-state index in [1.54, 1.807) is 33.9 Å². The zero-order chi connectivity index (χ0) is 23.1. The number of rotatable bonds is 4. The van der Waals surface area contributed by atoms with E-state index in [1.807, 2.05) is 25.1 Å². The summed E-state index contributed by atoms with van der Waals surface area (Å²) in [5.41, 5.74) is 4.63. The Hall–Kier alpha value is -4.15. The first-order chi connectivity index (χ1) is 15.9. The molecule has 1 aliphatic rings. The number of aromatic nitrogens is 5. The first kappa shape index (κ1) is 20.7. The van der Waals surface area contributed by atoms with Crippen molar-refractivity contribution in [2.24, 2.45) is 0 Å². The predicted octanol–water partition coefficient (Wildman–Crippen LogP) is 1.44. The topological polar surface area (TPSA) is 107 Å². The number of anilines is 1. The second kappa shape index (κ2) is 8.08. The van der Waals surface area contributed by atoms with E-state index >= 15 is 0 Å². The lowest BCUT2D eigenvalue weighted by atomic mass is 9.97. The molecule has 4 heterocycles. The minimum atomic E-state index is -0.341. The lowest BCUT2D eigenvalue weighted by molar-refractivity contribution is 0.0871. The average molecular weight is 441 g/mol. The van der Waals surface area contributed by atoms with E-state index in [2.05, 4.69) is 20.6 Å². The summed E-state index contributed by atoms with van der Waals surface area (Å²) in [7, 11) is 7.23. The van der Waals surface area contributed by atoms with Gasteiger partial charge in [0.15, 0.2) is 0 Å². The van der Waals surface area contributed by atoms with Gasteiger partial charge in [-0.1, -0.05) is 17.6 Å². The number of fused-ring (bicyclic) bond motifs is 1. The van der Waals surface area contributed by atoms with Crippen molar-refractivity contribution >= 4 is 36.5 Å². The normalized spacial score (nSPS) is 13.7. The van der Waals surface area contributed by atoms with Gasteiger partial charge in [0, 0.05) is 30.9 Å². The first-order valence-electron chi connectivity index (χ1n) is 10.3. The fourth-order valence-electron chi connectivity index (χ4n) is 3.76. The number of hydrogen-bond acceptors (Lipinski definition) is 6. The molecule has 0 aliphatic carbocycles. The zero-order valence-corrected chi connectivity index (χ0v) is 18.1. The lowest BCUT2D eigenvalue weighted by Crippen LogP contribution is -2.48. The number of nitrogens with zero attached hydrogens (tertiary/aromatic N) is 6. The number of likely N-dealkylation sites (tertiary alicyclic amines) is 1. The summed E-state index contributed by atoms with van der Waals surface area (Å²) < 4.78 is 6.33. The van der Waals surface area contributed by atoms with E-state index in [0.717, 1.165) is 11.3 Å². The molecule has 0 unspecified atom stereocenters. The van der Waals surface area contributed by atoms with Crippen molar-refractivity contribution in [3.63, 3.8) is 0 Å². The van der Waals surface area contributed by atoms with Crippen LogP contribution in [0, 0.1) is 6.92 Å². The Morgan fingerprint density at radius 3 is 2.76 bits per heavy atom. The number of amides is 2. The van der Waals surface area contributed by atoms with E-state index in [9.17, 15) is 9.59 Å². The molecule has 2 radical (unpaired) electrons. The molecular formula is C22H20BN7O3. The van der Waals surface area contributed by atoms with Crippen LogP contribution in [0.4, 0.5) is 10.5 Å². The van der Waals surface area contributed by atoms with Gasteiger partial charge in [0.05, 0.1) is 42.0 Å². The summed E-state index contributed by atoms with van der Waals surface area (Å²) in [6.45, 7) is 3.00. The van der Waals surface area contributed by atoms with Crippen molar-refractivity contribution < 1.29 is 14.3 Å². The molecule has 5 rings (SSSR count). The minimum Gasteiger partial charge on any atom is -0.453 e. The molecule has 0 saturated carbocycles. The third-order valence-corrected chi connectivity index (χ3v) is 5.73. The molecule has 164 valence electrons. The molecule has 11 heteroatoms. The maximum Gasteiger partial charge on any atom is 0.409 e. The van der Waals surface area contributed by atoms with Crippen LogP contribution in [0.25, 0.3) is 11.2 Å². The maximum atomic E-state index is 13.0. The highest BCUT2D eigenvalue weighted by Gasteiger charge is 2.34. The average Bonchev–Trinajstić information content (AvgIpc) is 3.41. The molecule has 1 aromatic carbocycles. The molecule has 1 aliphatic heterocycles. The van der Waals surface area contributed by atoms with Gasteiger partial charge in [0.1, 0.15) is 7.85 Å². The molecule has 0 bridgehead atoms. The molecule has 2 amide bonds. The third-order valence-electron chi connectivity index (χ3n) is 5.73. The van der Waals surface area contributed by atoms with Gasteiger partial charge < -0.3 is 15.0 Å². The Morgan fingerprint density at radius 1 is 1.15 bits per heavy atom. The van der Waals surface area contributed by atoms with Gasteiger partial charge in [-0.25, -0.2) is 9.31 Å². The fourth-order valence-corrected chi connectivity index (χ4v) is 3.76. The van der Waals surface area contributed by atoms with Crippen LogP contribution in [0.2, 0.25) is 0 Å². The van der Waals surface area contributed by atoms with Crippen LogP contribution in [-0.2, 0) is 4.74 Å². The summed E-state index contributed by atoms with van der Waals surface area (Å²) in [6, 6.07) is 9.02. The highest BCUT2D eigenvalue weighted by atomic mass is 16.5. The van der Waals surface area contributed by atoms with Gasteiger partial charge in [-0.3, -0.25) is 4.79 Å². The first-order valence-corrected chi connectivity index (χ1v) is 10.3. The highest BCUT2D eigenvalue weighted by molar-refractivity contribution is 6.32. The predicted molar refractivity (Wildman–Crippen MR) is 121 cm³/mol. The van der Waals surface area contributed by atoms with Crippen molar-refractivity contribution in [2.75, 3.05) is 25.5 Å². The van der Waals surface area contributed by atoms with Crippen LogP contribution in [0.15, 0.2) is 48.9 Å². The number of nitrogens with one attached hydrogen (secondary N) is 1. The largest absolute Gasteiger partial charge is 0.453 e. The van der Waals surface area contributed by atoms with Crippen molar-refractivity contribution in [1.29, 1.82) is 0 Å². The molecule has 4 aromatic rings. The van der Waals surface area contributed by atoms with Gasteiger partial charge in [-0.15, -0.1) is 0 Å². The Bertz CT molecular complexity index is 1370. The summed E-state index contributed by atoms with van der Waals surface area (Å²) in [5.74, 6) is -0.173. The van der Waals surface area contributed by atoms with Gasteiger partial charge >= 0.3 is 6.09 Å². The number of aryl methyl sites for hydroxylation is 1. The fraction of sp³-hybridized carbons (Fsp3) is 0.227. The van der Waals surface area contributed by atoms with Crippen molar-refractivity contribution in [3.05, 3.63) is 65.7 Å². The quantitative estimate of drug-likeness (QED) is 0.481. The number of ether oxygens (including phenoxy) is 1. The highest BCUT2D eigenvalue weighted by Crippen LogP contribution is 2.26. The summed E-state index contributed by atoms with van der Waals surface area (Å²) in [6.07, 6.45) is 4.58. The van der Waals surface area contributed by atoms with E-state index in [4.69, 9.17) is 12.6 Å². The SMILES string of the molecule is [B]c1ccn2ncc(C(=O)Nc3cc(-n4ncc(C5CN(C(=O)OC)C5)n4)ccc3C)c2c1. The van der Waals surface area contributed by atoms with Crippen molar-refractivity contribution in [2.45, 2.75) is 12.8 Å². The summed E-state index contributed by atoms with van der Waals surface area (Å²) in [4.78, 5) is 27.6. The van der Waals surface area contributed by atoms with E-state index < -0.39 is 0 Å². The van der Waals surface area contributed by atoms with Crippen LogP contribution in [0.3, 0.4) is 0 Å². The molecule has 0 spiro atoms. The summed E-state index contributed by atoms with van der Waals surface area (Å²) >= 11 is 0. The van der Waals surface area contributed by atoms with E-state index in [1.165, 1.54) is 18.1 Å². The summed E-state index contributed by atoms with van der Waals surface area (Å²) in [5, 5.41) is 16.1. The van der Waals surface area contributed by atoms with Crippen molar-refractivity contribution in [1.82, 2.24) is 29.5 Å². The number of pyridine rings is 1. The van der Waals surface area contributed by atoms with Gasteiger partial charge in [-0.05, 0) is 30.7 Å². The van der Waals surface area contributed by atoms with Crippen LogP contribution < -0.4 is 10.8 Å². The Labute approximate surface area is 190 Å². The van der Waals surface area contributed by atoms with Crippen LogP contribution >= 0.6 is 0 Å². The number of carbonyl (C=O) groups is 2. The lowest BCUT2D eigenvalue weighted by Gasteiger charge is -2.36. The smallest absolute Gasteiger partial charge is 0.409 e. The van der Waals surface area contributed by atoms with Crippen molar-refractivity contribution in [3.8, 4) is 5.69 Å². The molecule has 0 atom stereocenters. The van der Waals surface area contributed by atoms with E-state index in [0.29, 0.717) is 41.0 Å². The number of methoxy groups -OCH3 is 1. The van der Waals surface area contributed by atoms with Crippen LogP contribution in [0.1, 0.15) is 27.5 Å². The number of hydrogen-bond donors (Lipinski definition) is 1. The molecule has 1 fully saturated rings. The second-order valence-corrected chi connectivity index (χ2v) is 7.93. The van der Waals surface area contributed by atoms with Crippen LogP contribution in [0.5, 0.6) is 0 Å². The second-order valence-electron chi connectivity index (χ2n) is 7.93. The minimum absolute atomic E-state index is 0.116. The monoisotopic (exact) mass is 441 g/mol. The Balaban J connectivity index is 1.35. The molecule has 10 nitrogen and oxygen atoms in total. The standard InChI is InChI=1S/C22H20BN7O3/c1-13-3-4-16(30-25-10-19(27-30)14-11-28(12-14)22(32)33-2)8-18(13)26-21(31)17-9-24-29-6-5-15(23)7-20(17)29/h3-10,14H,11-12H2,1-2H3,(H,26,31). The van der Waals surface area contributed by atoms with Crippen LogP contribution in [-0.4, -0.2) is 69.6 Å². The van der Waals surface area contributed by atoms with E-state index in [-0.39, 0.29) is 17.9 Å². The van der Waals surface area contributed by atoms with Gasteiger partial charge in [0.2, 0.25) is 0 Å². The number of benzene rings is 1. The molecule has 3 aromatic heterocycles. The Morgan fingerprint density at radius 2 is 1.97 bits per heavy atom. The molecule has 1 saturated heterocycles.